The van der Waals surface area contributed by atoms with Crippen LogP contribution in [0.25, 0.3) is 10.9 Å². The molecule has 0 unspecified atom stereocenters. The third-order valence-electron chi connectivity index (χ3n) is 8.63. The number of halogens is 3. The molecule has 3 aromatic carbocycles. The quantitative estimate of drug-likeness (QED) is 0.168. The third kappa shape index (κ3) is 7.54. The monoisotopic (exact) mass is 671 g/mol. The van der Waals surface area contributed by atoms with E-state index in [4.69, 9.17) is 9.47 Å². The summed E-state index contributed by atoms with van der Waals surface area (Å²) in [4.78, 5) is 36.3. The van der Waals surface area contributed by atoms with E-state index in [1.807, 2.05) is 53.8 Å². The average molecular weight is 672 g/mol. The van der Waals surface area contributed by atoms with E-state index < -0.39 is 17.6 Å². The molecular weight excluding hydrogens is 635 g/mol. The van der Waals surface area contributed by atoms with Gasteiger partial charge in [-0.15, -0.1) is 0 Å². The number of hydrogen-bond donors (Lipinski definition) is 0. The van der Waals surface area contributed by atoms with Gasteiger partial charge in [0.1, 0.15) is 17.2 Å². The lowest BCUT2D eigenvalue weighted by molar-refractivity contribution is -0.137. The summed E-state index contributed by atoms with van der Waals surface area (Å²) in [5.41, 5.74) is 2.42. The summed E-state index contributed by atoms with van der Waals surface area (Å²) in [6, 6.07) is 22.8. The number of amides is 2. The number of pyridine rings is 1. The van der Waals surface area contributed by atoms with Crippen molar-refractivity contribution in [1.29, 1.82) is 0 Å². The second-order valence-electron chi connectivity index (χ2n) is 11.9. The van der Waals surface area contributed by atoms with Gasteiger partial charge in [0.25, 0.3) is 11.8 Å². The fourth-order valence-corrected chi connectivity index (χ4v) is 5.85. The Bertz CT molecular complexity index is 1930. The number of benzene rings is 3. The van der Waals surface area contributed by atoms with Crippen molar-refractivity contribution >= 4 is 28.4 Å². The molecule has 0 N–H and O–H groups in total. The van der Waals surface area contributed by atoms with Crippen LogP contribution >= 0.6 is 0 Å². The van der Waals surface area contributed by atoms with Gasteiger partial charge in [-0.1, -0.05) is 12.1 Å². The molecule has 0 radical (unpaired) electrons. The molecular formula is C37H36F3N5O4. The van der Waals surface area contributed by atoms with E-state index >= 15 is 0 Å². The summed E-state index contributed by atoms with van der Waals surface area (Å²) in [5, 5.41) is 0.843. The van der Waals surface area contributed by atoms with Gasteiger partial charge < -0.3 is 23.8 Å². The van der Waals surface area contributed by atoms with Gasteiger partial charge in [-0.3, -0.25) is 14.5 Å². The Morgan fingerprint density at radius 2 is 1.57 bits per heavy atom. The van der Waals surface area contributed by atoms with Gasteiger partial charge in [-0.05, 0) is 79.2 Å². The Labute approximate surface area is 282 Å². The van der Waals surface area contributed by atoms with Crippen molar-refractivity contribution in [2.75, 3.05) is 44.7 Å². The Balaban J connectivity index is 1.06. The van der Waals surface area contributed by atoms with E-state index in [-0.39, 0.29) is 17.4 Å². The van der Waals surface area contributed by atoms with Crippen molar-refractivity contribution in [2.45, 2.75) is 19.6 Å². The normalized spacial score (nSPS) is 13.8. The van der Waals surface area contributed by atoms with E-state index in [0.717, 1.165) is 60.6 Å². The largest absolute Gasteiger partial charge is 0.494 e. The Kier molecular flexibility index (Phi) is 9.59. The number of aryl methyl sites for hydroxylation is 1. The maximum absolute atomic E-state index is 13.6. The summed E-state index contributed by atoms with van der Waals surface area (Å²) in [5.74, 6) is 1.18. The van der Waals surface area contributed by atoms with Gasteiger partial charge in [0.15, 0.2) is 0 Å². The number of nitrogens with zero attached hydrogens (tertiary/aromatic N) is 5. The van der Waals surface area contributed by atoms with Crippen molar-refractivity contribution in [3.63, 3.8) is 0 Å². The number of ether oxygens (including phenoxy) is 2. The molecule has 2 amide bonds. The maximum Gasteiger partial charge on any atom is 0.416 e. The van der Waals surface area contributed by atoms with Crippen molar-refractivity contribution in [2.24, 2.45) is 7.05 Å². The highest BCUT2D eigenvalue weighted by atomic mass is 19.4. The molecule has 1 aliphatic rings. The molecule has 3 heterocycles. The molecule has 2 aromatic heterocycles. The van der Waals surface area contributed by atoms with E-state index in [0.29, 0.717) is 36.8 Å². The van der Waals surface area contributed by atoms with E-state index in [1.54, 1.807) is 18.2 Å². The first kappa shape index (κ1) is 33.5. The summed E-state index contributed by atoms with van der Waals surface area (Å²) in [6.45, 7) is 6.26. The molecule has 254 valence electrons. The number of anilines is 1. The van der Waals surface area contributed by atoms with E-state index in [9.17, 15) is 22.8 Å². The van der Waals surface area contributed by atoms with Crippen LogP contribution in [0.4, 0.5) is 18.9 Å². The van der Waals surface area contributed by atoms with Crippen molar-refractivity contribution in [3.05, 3.63) is 114 Å². The Morgan fingerprint density at radius 3 is 2.20 bits per heavy atom. The lowest BCUT2D eigenvalue weighted by atomic mass is 10.1. The first-order valence-electron chi connectivity index (χ1n) is 15.9. The number of hydrogen-bond acceptors (Lipinski definition) is 6. The molecule has 0 aliphatic carbocycles. The Morgan fingerprint density at radius 1 is 0.878 bits per heavy atom. The molecule has 5 aromatic rings. The second-order valence-corrected chi connectivity index (χ2v) is 11.9. The van der Waals surface area contributed by atoms with Gasteiger partial charge in [0, 0.05) is 69.4 Å². The minimum absolute atomic E-state index is 0.0193. The zero-order chi connectivity index (χ0) is 34.7. The van der Waals surface area contributed by atoms with Crippen molar-refractivity contribution < 1.29 is 32.2 Å². The Hall–Kier alpha value is -5.36. The number of rotatable bonds is 9. The van der Waals surface area contributed by atoms with Crippen LogP contribution in [0.15, 0.2) is 91.1 Å². The summed E-state index contributed by atoms with van der Waals surface area (Å²) < 4.78 is 52.1. The second kappa shape index (κ2) is 14.0. The van der Waals surface area contributed by atoms with Gasteiger partial charge in [-0.25, -0.2) is 4.98 Å². The average Bonchev–Trinajstić information content (AvgIpc) is 3.43. The topological polar surface area (TPSA) is 80.1 Å². The number of carbonyl (C=O) groups is 2. The lowest BCUT2D eigenvalue weighted by Crippen LogP contribution is -2.48. The number of aromatic nitrogens is 2. The fourth-order valence-electron chi connectivity index (χ4n) is 5.85. The molecule has 0 bridgehead atoms. The first-order valence-corrected chi connectivity index (χ1v) is 15.9. The van der Waals surface area contributed by atoms with Gasteiger partial charge in [-0.2, -0.15) is 13.2 Å². The lowest BCUT2D eigenvalue weighted by Gasteiger charge is -2.34. The highest BCUT2D eigenvalue weighted by Crippen LogP contribution is 2.31. The predicted octanol–water partition coefficient (Wildman–Crippen LogP) is 7.02. The van der Waals surface area contributed by atoms with Crippen LogP contribution in [-0.2, 0) is 19.8 Å². The number of piperazine rings is 1. The van der Waals surface area contributed by atoms with E-state index in [2.05, 4.69) is 22.0 Å². The maximum atomic E-state index is 13.6. The van der Waals surface area contributed by atoms with Gasteiger partial charge in [0.05, 0.1) is 24.1 Å². The van der Waals surface area contributed by atoms with Crippen LogP contribution in [-0.4, -0.2) is 71.0 Å². The summed E-state index contributed by atoms with van der Waals surface area (Å²) in [6.07, 6.45) is -3.03. The predicted molar refractivity (Wildman–Crippen MR) is 180 cm³/mol. The standard InChI is InChI=1S/C37H36F3N5O4/c1-4-48-30-12-5-25(6-13-30)24-44-17-19-45(20-18-44)36(47)33-22-27-21-31(14-15-32(27)43(33)3)49-34-16-11-29(23-41-34)42(2)35(46)26-7-9-28(10-8-26)37(38,39)40/h5-16,21-23H,4,17-20,24H2,1-3H3. The van der Waals surface area contributed by atoms with Crippen LogP contribution in [0.1, 0.15) is 38.9 Å². The summed E-state index contributed by atoms with van der Waals surface area (Å²) >= 11 is 0. The molecule has 6 rings (SSSR count). The SMILES string of the molecule is CCOc1ccc(CN2CCN(C(=O)c3cc4cc(Oc5ccc(N(C)C(=O)c6ccc(C(F)(F)F)cc6)cn5)ccc4n3C)CC2)cc1. The molecule has 0 saturated carbocycles. The van der Waals surface area contributed by atoms with Gasteiger partial charge >= 0.3 is 6.18 Å². The molecule has 1 aliphatic heterocycles. The van der Waals surface area contributed by atoms with Crippen LogP contribution in [0, 0.1) is 0 Å². The highest BCUT2D eigenvalue weighted by molar-refractivity contribution is 6.05. The zero-order valence-corrected chi connectivity index (χ0v) is 27.4. The number of fused-ring (bicyclic) bond motifs is 1. The fraction of sp³-hybridized carbons (Fsp3) is 0.270. The smallest absolute Gasteiger partial charge is 0.416 e. The molecule has 9 nitrogen and oxygen atoms in total. The van der Waals surface area contributed by atoms with Crippen molar-refractivity contribution in [1.82, 2.24) is 19.4 Å². The molecule has 0 atom stereocenters. The minimum Gasteiger partial charge on any atom is -0.494 e. The molecule has 0 spiro atoms. The van der Waals surface area contributed by atoms with Crippen molar-refractivity contribution in [3.8, 4) is 17.4 Å². The first-order chi connectivity index (χ1) is 23.5. The molecule has 49 heavy (non-hydrogen) atoms. The number of carbonyl (C=O) groups excluding carboxylic acids is 2. The van der Waals surface area contributed by atoms with Crippen LogP contribution < -0.4 is 14.4 Å². The summed E-state index contributed by atoms with van der Waals surface area (Å²) in [7, 11) is 3.39. The third-order valence-corrected chi connectivity index (χ3v) is 8.63. The van der Waals surface area contributed by atoms with E-state index in [1.165, 1.54) is 23.7 Å². The number of alkyl halides is 3. The van der Waals surface area contributed by atoms with Gasteiger partial charge in [0.2, 0.25) is 5.88 Å². The zero-order valence-electron chi connectivity index (χ0n) is 27.4. The molecule has 1 saturated heterocycles. The van der Waals surface area contributed by atoms with Crippen LogP contribution in [0.2, 0.25) is 0 Å². The molecule has 12 heteroatoms. The minimum atomic E-state index is -4.48. The van der Waals surface area contributed by atoms with Crippen LogP contribution in [0.5, 0.6) is 17.4 Å². The highest BCUT2D eigenvalue weighted by Gasteiger charge is 2.30. The van der Waals surface area contributed by atoms with Crippen LogP contribution in [0.3, 0.4) is 0 Å². The molecule has 1 fully saturated rings.